The van der Waals surface area contributed by atoms with Crippen molar-refractivity contribution in [3.63, 3.8) is 0 Å². The van der Waals surface area contributed by atoms with Gasteiger partial charge in [-0.05, 0) is 6.42 Å². The van der Waals surface area contributed by atoms with Crippen LogP contribution in [0.2, 0.25) is 0 Å². The van der Waals surface area contributed by atoms with Gasteiger partial charge < -0.3 is 14.8 Å². The summed E-state index contributed by atoms with van der Waals surface area (Å²) in [6, 6.07) is 0. The molecule has 0 aromatic heterocycles. The van der Waals surface area contributed by atoms with E-state index in [9.17, 15) is 19.2 Å². The van der Waals surface area contributed by atoms with Crippen molar-refractivity contribution in [3.05, 3.63) is 11.3 Å². The van der Waals surface area contributed by atoms with Gasteiger partial charge in [-0.15, -0.1) is 0 Å². The van der Waals surface area contributed by atoms with Gasteiger partial charge in [0, 0.05) is 37.5 Å². The second-order valence-electron chi connectivity index (χ2n) is 5.23. The highest BCUT2D eigenvalue weighted by atomic mass is 16.5. The zero-order chi connectivity index (χ0) is 16.9. The molecule has 0 fully saturated rings. The van der Waals surface area contributed by atoms with Gasteiger partial charge in [-0.3, -0.25) is 19.2 Å². The number of carbonyl (C=O) groups excluding carboxylic acids is 4. The van der Waals surface area contributed by atoms with Gasteiger partial charge in [-0.1, -0.05) is 6.92 Å². The Balaban J connectivity index is 3.25. The number of nitrogens with one attached hydrogen (secondary N) is 1. The van der Waals surface area contributed by atoms with Gasteiger partial charge in [-0.2, -0.15) is 0 Å². The topological polar surface area (TPSA) is 98.8 Å². The summed E-state index contributed by atoms with van der Waals surface area (Å²) in [7, 11) is 2.33. The Morgan fingerprint density at radius 2 is 1.64 bits per heavy atom. The summed E-state index contributed by atoms with van der Waals surface area (Å²) in [5.41, 5.74) is -1.03. The minimum absolute atomic E-state index is 0.114. The normalized spacial score (nSPS) is 16.2. The molecule has 0 aliphatic heterocycles. The smallest absolute Gasteiger partial charge is 0.323 e. The number of methoxy groups -OCH3 is 2. The van der Waals surface area contributed by atoms with Crippen molar-refractivity contribution in [2.45, 2.75) is 39.5 Å². The Bertz CT molecular complexity index is 518. The molecule has 0 spiro atoms. The van der Waals surface area contributed by atoms with Crippen LogP contribution in [0.4, 0.5) is 0 Å². The SMILES string of the molecule is CCCC(=O)C1=C(NC(C)=O)CC(C(=O)OC)(C(=O)OC)C1. The molecule has 0 aromatic carbocycles. The Labute approximate surface area is 129 Å². The number of hydrogen-bond acceptors (Lipinski definition) is 6. The first-order chi connectivity index (χ1) is 10.3. The van der Waals surface area contributed by atoms with Crippen LogP contribution >= 0.6 is 0 Å². The van der Waals surface area contributed by atoms with E-state index in [0.717, 1.165) is 14.2 Å². The molecule has 0 aromatic rings. The first kappa shape index (κ1) is 17.9. The van der Waals surface area contributed by atoms with Crippen LogP contribution in [0.15, 0.2) is 11.3 Å². The Hall–Kier alpha value is -2.18. The standard InChI is InChI=1S/C15H21NO6/c1-5-6-12(18)10-7-15(13(19)21-3,14(20)22-4)8-11(10)16-9(2)17/h5-8H2,1-4H3,(H,16,17). The minimum Gasteiger partial charge on any atom is -0.468 e. The van der Waals surface area contributed by atoms with Crippen LogP contribution in [0.5, 0.6) is 0 Å². The lowest BCUT2D eigenvalue weighted by molar-refractivity contribution is -0.168. The van der Waals surface area contributed by atoms with Crippen molar-refractivity contribution in [3.8, 4) is 0 Å². The molecule has 7 nitrogen and oxygen atoms in total. The first-order valence-corrected chi connectivity index (χ1v) is 7.02. The summed E-state index contributed by atoms with van der Waals surface area (Å²) in [6.07, 6.45) is 0.660. The fourth-order valence-corrected chi connectivity index (χ4v) is 2.62. The van der Waals surface area contributed by atoms with E-state index in [1.807, 2.05) is 6.92 Å². The third kappa shape index (κ3) is 3.35. The van der Waals surface area contributed by atoms with Crippen LogP contribution in [-0.4, -0.2) is 37.8 Å². The van der Waals surface area contributed by atoms with Crippen molar-refractivity contribution in [1.29, 1.82) is 0 Å². The number of hydrogen-bond donors (Lipinski definition) is 1. The molecule has 1 aliphatic carbocycles. The Morgan fingerprint density at radius 1 is 1.09 bits per heavy atom. The monoisotopic (exact) mass is 311 g/mol. The molecule has 0 saturated heterocycles. The van der Waals surface area contributed by atoms with Crippen LogP contribution in [0.25, 0.3) is 0 Å². The van der Waals surface area contributed by atoms with E-state index in [2.05, 4.69) is 5.32 Å². The zero-order valence-corrected chi connectivity index (χ0v) is 13.3. The number of amides is 1. The zero-order valence-electron chi connectivity index (χ0n) is 13.3. The van der Waals surface area contributed by atoms with Gasteiger partial charge in [-0.25, -0.2) is 0 Å². The maximum absolute atomic E-state index is 12.2. The largest absolute Gasteiger partial charge is 0.468 e. The van der Waals surface area contributed by atoms with Crippen LogP contribution < -0.4 is 5.32 Å². The quantitative estimate of drug-likeness (QED) is 0.577. The molecule has 0 atom stereocenters. The predicted molar refractivity (Wildman–Crippen MR) is 76.5 cm³/mol. The molecule has 0 unspecified atom stereocenters. The Kier molecular flexibility index (Phi) is 5.84. The summed E-state index contributed by atoms with van der Waals surface area (Å²) in [5.74, 6) is -2.12. The summed E-state index contributed by atoms with van der Waals surface area (Å²) in [5, 5.41) is 2.55. The van der Waals surface area contributed by atoms with Crippen molar-refractivity contribution < 1.29 is 28.7 Å². The maximum Gasteiger partial charge on any atom is 0.323 e. The van der Waals surface area contributed by atoms with Gasteiger partial charge in [0.25, 0.3) is 0 Å². The number of rotatable bonds is 6. The number of allylic oxidation sites excluding steroid dienone is 2. The lowest BCUT2D eigenvalue weighted by Crippen LogP contribution is -2.40. The van der Waals surface area contributed by atoms with Gasteiger partial charge in [0.05, 0.1) is 14.2 Å². The van der Waals surface area contributed by atoms with E-state index in [4.69, 9.17) is 9.47 Å². The molecule has 0 radical (unpaired) electrons. The highest BCUT2D eigenvalue weighted by Crippen LogP contribution is 2.44. The van der Waals surface area contributed by atoms with Crippen molar-refractivity contribution in [2.24, 2.45) is 5.41 Å². The maximum atomic E-state index is 12.2. The lowest BCUT2D eigenvalue weighted by atomic mass is 9.83. The highest BCUT2D eigenvalue weighted by molar-refractivity contribution is 6.06. The van der Waals surface area contributed by atoms with E-state index >= 15 is 0 Å². The average molecular weight is 311 g/mol. The molecule has 7 heteroatoms. The van der Waals surface area contributed by atoms with E-state index in [1.165, 1.54) is 6.92 Å². The molecular weight excluding hydrogens is 290 g/mol. The summed E-state index contributed by atoms with van der Waals surface area (Å²) < 4.78 is 9.42. The summed E-state index contributed by atoms with van der Waals surface area (Å²) >= 11 is 0. The summed E-state index contributed by atoms with van der Waals surface area (Å²) in [4.78, 5) is 47.8. The average Bonchev–Trinajstić information content (AvgIpc) is 2.85. The molecule has 1 amide bonds. The predicted octanol–water partition coefficient (Wildman–Crippen LogP) is 0.872. The van der Waals surface area contributed by atoms with Crippen molar-refractivity contribution >= 4 is 23.6 Å². The lowest BCUT2D eigenvalue weighted by Gasteiger charge is -2.23. The van der Waals surface area contributed by atoms with E-state index in [-0.39, 0.29) is 36.5 Å². The van der Waals surface area contributed by atoms with E-state index < -0.39 is 17.4 Å². The van der Waals surface area contributed by atoms with E-state index in [1.54, 1.807) is 0 Å². The fourth-order valence-electron chi connectivity index (χ4n) is 2.62. The van der Waals surface area contributed by atoms with Crippen LogP contribution in [0.1, 0.15) is 39.5 Å². The number of Topliss-reactive ketones (excluding diaryl/α,β-unsaturated/α-hetero) is 1. The van der Waals surface area contributed by atoms with Crippen molar-refractivity contribution in [1.82, 2.24) is 5.32 Å². The molecular formula is C15H21NO6. The number of carbonyl (C=O) groups is 4. The molecule has 1 rings (SSSR count). The molecule has 0 bridgehead atoms. The molecule has 122 valence electrons. The van der Waals surface area contributed by atoms with Crippen molar-refractivity contribution in [2.75, 3.05) is 14.2 Å². The van der Waals surface area contributed by atoms with Gasteiger partial charge in [0.15, 0.2) is 11.2 Å². The molecule has 0 heterocycles. The van der Waals surface area contributed by atoms with Crippen LogP contribution in [-0.2, 0) is 28.7 Å². The van der Waals surface area contributed by atoms with Crippen LogP contribution in [0.3, 0.4) is 0 Å². The molecule has 22 heavy (non-hydrogen) atoms. The molecule has 1 N–H and O–H groups in total. The van der Waals surface area contributed by atoms with Gasteiger partial charge in [0.1, 0.15) is 0 Å². The molecule has 1 aliphatic rings. The highest BCUT2D eigenvalue weighted by Gasteiger charge is 2.54. The minimum atomic E-state index is -1.61. The second kappa shape index (κ2) is 7.20. The summed E-state index contributed by atoms with van der Waals surface area (Å²) in [6.45, 7) is 3.14. The van der Waals surface area contributed by atoms with E-state index in [0.29, 0.717) is 12.1 Å². The number of esters is 2. The van der Waals surface area contributed by atoms with Crippen LogP contribution in [0, 0.1) is 5.41 Å². The second-order valence-corrected chi connectivity index (χ2v) is 5.23. The first-order valence-electron chi connectivity index (χ1n) is 7.02. The van der Waals surface area contributed by atoms with Gasteiger partial charge >= 0.3 is 11.9 Å². The number of ether oxygens (including phenoxy) is 2. The number of ketones is 1. The third-order valence-corrected chi connectivity index (χ3v) is 3.61. The fraction of sp³-hybridized carbons (Fsp3) is 0.600. The third-order valence-electron chi connectivity index (χ3n) is 3.61. The van der Waals surface area contributed by atoms with Gasteiger partial charge in [0.2, 0.25) is 5.91 Å². The molecule has 0 saturated carbocycles. The Morgan fingerprint density at radius 3 is 2.05 bits per heavy atom.